The van der Waals surface area contributed by atoms with Crippen LogP contribution in [-0.2, 0) is 11.2 Å². The summed E-state index contributed by atoms with van der Waals surface area (Å²) in [5.74, 6) is 0.330. The first-order valence-corrected chi connectivity index (χ1v) is 4.61. The first kappa shape index (κ1) is 8.30. The van der Waals surface area contributed by atoms with Gasteiger partial charge in [-0.1, -0.05) is 17.7 Å². The Morgan fingerprint density at radius 1 is 1.38 bits per heavy atom. The number of anilines is 1. The summed E-state index contributed by atoms with van der Waals surface area (Å²) in [6, 6.07) is 6.22. The van der Waals surface area contributed by atoms with Crippen molar-refractivity contribution in [2.75, 3.05) is 11.9 Å². The minimum absolute atomic E-state index is 0.330. The highest BCUT2D eigenvalue weighted by atomic mass is 16.1. The Kier molecular flexibility index (Phi) is 2.05. The van der Waals surface area contributed by atoms with Crippen LogP contribution >= 0.6 is 0 Å². The molecular formula is C11H13NO. The number of nitrogens with one attached hydrogen (secondary N) is 1. The molecule has 1 N–H and O–H groups in total. The van der Waals surface area contributed by atoms with Crippen LogP contribution in [0.3, 0.4) is 0 Å². The van der Waals surface area contributed by atoms with E-state index in [1.165, 1.54) is 5.56 Å². The van der Waals surface area contributed by atoms with Crippen molar-refractivity contribution >= 4 is 11.5 Å². The van der Waals surface area contributed by atoms with Crippen molar-refractivity contribution in [3.05, 3.63) is 29.3 Å². The Hall–Kier alpha value is -1.31. The molecule has 0 aromatic heterocycles. The number of fused-ring (bicyclic) bond motifs is 1. The summed E-state index contributed by atoms with van der Waals surface area (Å²) in [5, 5.41) is 3.26. The highest BCUT2D eigenvalue weighted by molar-refractivity contribution is 5.84. The summed E-state index contributed by atoms with van der Waals surface area (Å²) >= 11 is 0. The van der Waals surface area contributed by atoms with Crippen LogP contribution < -0.4 is 5.32 Å². The minimum Gasteiger partial charge on any atom is -0.384 e. The fourth-order valence-electron chi connectivity index (χ4n) is 1.68. The van der Waals surface area contributed by atoms with Crippen LogP contribution in [0.4, 0.5) is 5.69 Å². The van der Waals surface area contributed by atoms with E-state index in [0.29, 0.717) is 18.6 Å². The number of Topliss-reactive ketones (excluding diaryl/α,β-unsaturated/α-hetero) is 1. The molecule has 0 saturated heterocycles. The topological polar surface area (TPSA) is 29.1 Å². The Labute approximate surface area is 78.0 Å². The number of carbonyl (C=O) groups excluding carboxylic acids is 1. The van der Waals surface area contributed by atoms with Crippen molar-refractivity contribution in [2.45, 2.75) is 19.8 Å². The van der Waals surface area contributed by atoms with Gasteiger partial charge in [-0.3, -0.25) is 4.79 Å². The van der Waals surface area contributed by atoms with Gasteiger partial charge in [0.05, 0.1) is 0 Å². The minimum atomic E-state index is 0.330. The van der Waals surface area contributed by atoms with Crippen molar-refractivity contribution in [1.82, 2.24) is 0 Å². The number of rotatable bonds is 0. The van der Waals surface area contributed by atoms with E-state index >= 15 is 0 Å². The largest absolute Gasteiger partial charge is 0.384 e. The van der Waals surface area contributed by atoms with E-state index in [4.69, 9.17) is 0 Å². The van der Waals surface area contributed by atoms with E-state index in [0.717, 1.165) is 17.8 Å². The predicted octanol–water partition coefficient (Wildman–Crippen LogP) is 1.92. The number of carbonyl (C=O) groups is 1. The molecule has 2 heteroatoms. The van der Waals surface area contributed by atoms with Gasteiger partial charge >= 0.3 is 0 Å². The zero-order chi connectivity index (χ0) is 9.26. The standard InChI is InChI=1S/C11H13NO/c1-8-2-3-11-9(6-8)7-10(13)4-5-12-11/h2-3,6,12H,4-5,7H2,1H3. The van der Waals surface area contributed by atoms with E-state index in [1.807, 2.05) is 0 Å². The van der Waals surface area contributed by atoms with Crippen molar-refractivity contribution in [1.29, 1.82) is 0 Å². The van der Waals surface area contributed by atoms with Crippen LogP contribution in [0.1, 0.15) is 17.5 Å². The first-order valence-electron chi connectivity index (χ1n) is 4.61. The number of benzene rings is 1. The van der Waals surface area contributed by atoms with Crippen molar-refractivity contribution in [3.63, 3.8) is 0 Å². The highest BCUT2D eigenvalue weighted by Gasteiger charge is 2.12. The zero-order valence-corrected chi connectivity index (χ0v) is 7.76. The summed E-state index contributed by atoms with van der Waals surface area (Å²) < 4.78 is 0. The lowest BCUT2D eigenvalue weighted by Crippen LogP contribution is -2.03. The van der Waals surface area contributed by atoms with Gasteiger partial charge in [0.1, 0.15) is 5.78 Å². The van der Waals surface area contributed by atoms with Crippen LogP contribution in [0.5, 0.6) is 0 Å². The predicted molar refractivity (Wildman–Crippen MR) is 53.0 cm³/mol. The number of hydrogen-bond acceptors (Lipinski definition) is 2. The molecule has 0 spiro atoms. The van der Waals surface area contributed by atoms with Gasteiger partial charge in [0, 0.05) is 25.1 Å². The molecule has 1 heterocycles. The first-order chi connectivity index (χ1) is 6.25. The summed E-state index contributed by atoms with van der Waals surface area (Å²) in [6.07, 6.45) is 1.23. The third-order valence-electron chi connectivity index (χ3n) is 2.37. The van der Waals surface area contributed by atoms with Gasteiger partial charge < -0.3 is 5.32 Å². The SMILES string of the molecule is Cc1ccc2c(c1)CC(=O)CCN2. The molecule has 0 aliphatic carbocycles. The molecule has 0 fully saturated rings. The van der Waals surface area contributed by atoms with Crippen LogP contribution in [0.15, 0.2) is 18.2 Å². The van der Waals surface area contributed by atoms with Gasteiger partial charge in [0.15, 0.2) is 0 Å². The van der Waals surface area contributed by atoms with Crippen molar-refractivity contribution < 1.29 is 4.79 Å². The molecule has 1 aliphatic heterocycles. The van der Waals surface area contributed by atoms with E-state index in [-0.39, 0.29) is 0 Å². The lowest BCUT2D eigenvalue weighted by atomic mass is 10.0. The van der Waals surface area contributed by atoms with E-state index in [2.05, 4.69) is 30.4 Å². The van der Waals surface area contributed by atoms with Gasteiger partial charge in [-0.25, -0.2) is 0 Å². The smallest absolute Gasteiger partial charge is 0.139 e. The molecule has 0 unspecified atom stereocenters. The van der Waals surface area contributed by atoms with E-state index < -0.39 is 0 Å². The molecule has 0 saturated carbocycles. The second-order valence-corrected chi connectivity index (χ2v) is 3.55. The van der Waals surface area contributed by atoms with Crippen LogP contribution in [0.2, 0.25) is 0 Å². The summed E-state index contributed by atoms with van der Waals surface area (Å²) in [5.41, 5.74) is 3.48. The van der Waals surface area contributed by atoms with Crippen molar-refractivity contribution in [2.24, 2.45) is 0 Å². The van der Waals surface area contributed by atoms with E-state index in [9.17, 15) is 4.79 Å². The molecule has 68 valence electrons. The molecule has 0 atom stereocenters. The maximum Gasteiger partial charge on any atom is 0.139 e. The molecule has 1 aliphatic rings. The Morgan fingerprint density at radius 3 is 3.08 bits per heavy atom. The third-order valence-corrected chi connectivity index (χ3v) is 2.37. The Bertz CT molecular complexity index is 344. The normalized spacial score (nSPS) is 15.9. The fraction of sp³-hybridized carbons (Fsp3) is 0.364. The van der Waals surface area contributed by atoms with Crippen LogP contribution in [-0.4, -0.2) is 12.3 Å². The lowest BCUT2D eigenvalue weighted by molar-refractivity contribution is -0.118. The summed E-state index contributed by atoms with van der Waals surface area (Å²) in [7, 11) is 0. The number of ketones is 1. The zero-order valence-electron chi connectivity index (χ0n) is 7.76. The monoisotopic (exact) mass is 175 g/mol. The van der Waals surface area contributed by atoms with Crippen molar-refractivity contribution in [3.8, 4) is 0 Å². The Balaban J connectivity index is 2.40. The summed E-state index contributed by atoms with van der Waals surface area (Å²) in [4.78, 5) is 11.3. The van der Waals surface area contributed by atoms with E-state index in [1.54, 1.807) is 0 Å². The molecule has 2 nitrogen and oxygen atoms in total. The van der Waals surface area contributed by atoms with Crippen LogP contribution in [0, 0.1) is 6.92 Å². The number of hydrogen-bond donors (Lipinski definition) is 1. The quantitative estimate of drug-likeness (QED) is 0.652. The molecular weight excluding hydrogens is 162 g/mol. The molecule has 0 radical (unpaired) electrons. The molecule has 1 aromatic rings. The average molecular weight is 175 g/mol. The lowest BCUT2D eigenvalue weighted by Gasteiger charge is -2.06. The average Bonchev–Trinajstić information content (AvgIpc) is 2.25. The Morgan fingerprint density at radius 2 is 2.23 bits per heavy atom. The van der Waals surface area contributed by atoms with Gasteiger partial charge in [-0.05, 0) is 18.6 Å². The second kappa shape index (κ2) is 3.21. The van der Waals surface area contributed by atoms with Crippen LogP contribution in [0.25, 0.3) is 0 Å². The molecule has 0 amide bonds. The van der Waals surface area contributed by atoms with Gasteiger partial charge in [0.2, 0.25) is 0 Å². The maximum absolute atomic E-state index is 11.3. The molecule has 13 heavy (non-hydrogen) atoms. The number of aryl methyl sites for hydroxylation is 1. The molecule has 0 bridgehead atoms. The van der Waals surface area contributed by atoms with Gasteiger partial charge in [0.25, 0.3) is 0 Å². The summed E-state index contributed by atoms with van der Waals surface area (Å²) in [6.45, 7) is 2.82. The van der Waals surface area contributed by atoms with Gasteiger partial charge in [-0.2, -0.15) is 0 Å². The maximum atomic E-state index is 11.3. The fourth-order valence-corrected chi connectivity index (χ4v) is 1.68. The third kappa shape index (κ3) is 1.72. The van der Waals surface area contributed by atoms with Gasteiger partial charge in [-0.15, -0.1) is 0 Å². The second-order valence-electron chi connectivity index (χ2n) is 3.55. The molecule has 2 rings (SSSR count). The highest BCUT2D eigenvalue weighted by Crippen LogP contribution is 2.20. The molecule has 1 aromatic carbocycles.